The van der Waals surface area contributed by atoms with Crippen LogP contribution in [0.2, 0.25) is 0 Å². The van der Waals surface area contributed by atoms with Gasteiger partial charge in [0, 0.05) is 12.8 Å². The van der Waals surface area contributed by atoms with Crippen molar-refractivity contribution in [3.05, 3.63) is 11.5 Å². The van der Waals surface area contributed by atoms with Gasteiger partial charge in [-0.15, -0.1) is 0 Å². The van der Waals surface area contributed by atoms with Crippen molar-refractivity contribution >= 4 is 17.8 Å². The first kappa shape index (κ1) is 14.2. The number of hydrogen-bond donors (Lipinski definition) is 3. The van der Waals surface area contributed by atoms with Crippen LogP contribution in [0.4, 0.5) is 0 Å². The highest BCUT2D eigenvalue weighted by Gasteiger charge is 2.46. The molecule has 8 nitrogen and oxygen atoms in total. The van der Waals surface area contributed by atoms with Crippen molar-refractivity contribution in [2.45, 2.75) is 37.9 Å². The van der Waals surface area contributed by atoms with Gasteiger partial charge in [0.1, 0.15) is 6.54 Å². The van der Waals surface area contributed by atoms with Crippen molar-refractivity contribution in [2.24, 2.45) is 0 Å². The van der Waals surface area contributed by atoms with E-state index in [1.807, 2.05) is 5.32 Å². The molecule has 110 valence electrons. The summed E-state index contributed by atoms with van der Waals surface area (Å²) in [4.78, 5) is 33.8. The molecule has 1 aliphatic heterocycles. The van der Waals surface area contributed by atoms with E-state index in [9.17, 15) is 19.5 Å². The fourth-order valence-corrected chi connectivity index (χ4v) is 2.28. The number of carbonyl (C=O) groups is 3. The first-order chi connectivity index (χ1) is 9.43. The van der Waals surface area contributed by atoms with E-state index < -0.39 is 41.7 Å². The van der Waals surface area contributed by atoms with Gasteiger partial charge >= 0.3 is 17.9 Å². The monoisotopic (exact) mass is 285 g/mol. The molecule has 0 radical (unpaired) electrons. The molecule has 0 unspecified atom stereocenters. The summed E-state index contributed by atoms with van der Waals surface area (Å²) in [6, 6.07) is 0. The lowest BCUT2D eigenvalue weighted by Gasteiger charge is -2.38. The Bertz CT molecular complexity index is 476. The van der Waals surface area contributed by atoms with Crippen LogP contribution in [-0.4, -0.2) is 40.4 Å². The molecule has 0 aromatic heterocycles. The third kappa shape index (κ3) is 2.84. The number of carboxylic acids is 1. The van der Waals surface area contributed by atoms with Crippen LogP contribution in [0.15, 0.2) is 11.5 Å². The molecule has 0 aromatic rings. The number of nitrogens with one attached hydrogen (secondary N) is 1. The minimum absolute atomic E-state index is 0.451. The van der Waals surface area contributed by atoms with Crippen molar-refractivity contribution in [3.63, 3.8) is 0 Å². The minimum Gasteiger partial charge on any atom is -0.480 e. The van der Waals surface area contributed by atoms with Gasteiger partial charge in [0.15, 0.2) is 0 Å². The van der Waals surface area contributed by atoms with Crippen LogP contribution >= 0.6 is 0 Å². The van der Waals surface area contributed by atoms with Gasteiger partial charge in [-0.05, 0) is 12.8 Å². The summed E-state index contributed by atoms with van der Waals surface area (Å²) in [5, 5.41) is 20.2. The Labute approximate surface area is 114 Å². The number of aliphatic carboxylic acids is 1. The van der Waals surface area contributed by atoms with Gasteiger partial charge in [0.25, 0.3) is 11.7 Å². The van der Waals surface area contributed by atoms with Crippen molar-refractivity contribution in [1.29, 1.82) is 0 Å². The zero-order valence-electron chi connectivity index (χ0n) is 10.7. The van der Waals surface area contributed by atoms with Crippen molar-refractivity contribution in [3.8, 4) is 0 Å². The maximum absolute atomic E-state index is 11.8. The van der Waals surface area contributed by atoms with E-state index in [2.05, 4.69) is 0 Å². The topological polar surface area (TPSA) is 122 Å². The van der Waals surface area contributed by atoms with Crippen molar-refractivity contribution in [2.75, 3.05) is 6.54 Å². The van der Waals surface area contributed by atoms with Gasteiger partial charge in [-0.2, -0.15) is 0 Å². The SMILES string of the molecule is O=C(O)CNC(=O)C1=C(O)OC2(CCCCC2)OC1=O. The van der Waals surface area contributed by atoms with E-state index in [1.54, 1.807) is 0 Å². The molecule has 1 saturated carbocycles. The Balaban J connectivity index is 2.13. The van der Waals surface area contributed by atoms with Crippen LogP contribution in [0.3, 0.4) is 0 Å². The van der Waals surface area contributed by atoms with E-state index in [1.165, 1.54) is 0 Å². The quantitative estimate of drug-likeness (QED) is 0.499. The van der Waals surface area contributed by atoms with Crippen LogP contribution in [0.25, 0.3) is 0 Å². The third-order valence-corrected chi connectivity index (χ3v) is 3.22. The molecular weight excluding hydrogens is 270 g/mol. The zero-order valence-corrected chi connectivity index (χ0v) is 10.7. The molecule has 1 aliphatic carbocycles. The van der Waals surface area contributed by atoms with E-state index in [0.29, 0.717) is 12.8 Å². The molecule has 2 rings (SSSR count). The number of aliphatic hydroxyl groups is 1. The highest BCUT2D eigenvalue weighted by Crippen LogP contribution is 2.38. The van der Waals surface area contributed by atoms with Crippen LogP contribution in [0.5, 0.6) is 0 Å². The predicted molar refractivity (Wildman–Crippen MR) is 63.3 cm³/mol. The summed E-state index contributed by atoms with van der Waals surface area (Å²) < 4.78 is 10.3. The van der Waals surface area contributed by atoms with E-state index >= 15 is 0 Å². The molecule has 1 spiro atoms. The van der Waals surface area contributed by atoms with Gasteiger partial charge in [0.2, 0.25) is 5.57 Å². The lowest BCUT2D eigenvalue weighted by molar-refractivity contribution is -0.249. The van der Waals surface area contributed by atoms with E-state index in [-0.39, 0.29) is 0 Å². The highest BCUT2D eigenvalue weighted by molar-refractivity contribution is 6.17. The number of ether oxygens (including phenoxy) is 2. The number of carboxylic acid groups (broad SMARTS) is 1. The first-order valence-corrected chi connectivity index (χ1v) is 6.29. The van der Waals surface area contributed by atoms with Crippen LogP contribution in [0.1, 0.15) is 32.1 Å². The lowest BCUT2D eigenvalue weighted by atomic mass is 9.93. The summed E-state index contributed by atoms with van der Waals surface area (Å²) in [6.07, 6.45) is 3.47. The number of carbonyl (C=O) groups excluding carboxylic acids is 2. The number of amides is 1. The molecule has 0 saturated heterocycles. The largest absolute Gasteiger partial charge is 0.480 e. The summed E-state index contributed by atoms with van der Waals surface area (Å²) in [7, 11) is 0. The predicted octanol–water partition coefficient (Wildman–Crippen LogP) is 0.191. The highest BCUT2D eigenvalue weighted by atomic mass is 16.8. The van der Waals surface area contributed by atoms with Crippen LogP contribution in [0, 0.1) is 0 Å². The Morgan fingerprint density at radius 1 is 1.20 bits per heavy atom. The summed E-state index contributed by atoms with van der Waals surface area (Å²) in [5.74, 6) is -5.33. The second-order valence-corrected chi connectivity index (χ2v) is 4.72. The van der Waals surface area contributed by atoms with Gasteiger partial charge in [-0.1, -0.05) is 6.42 Å². The third-order valence-electron chi connectivity index (χ3n) is 3.22. The van der Waals surface area contributed by atoms with Crippen molar-refractivity contribution < 1.29 is 34.1 Å². The number of aliphatic hydroxyl groups excluding tert-OH is 1. The molecule has 0 aromatic carbocycles. The number of rotatable bonds is 3. The maximum atomic E-state index is 11.8. The Kier molecular flexibility index (Phi) is 3.82. The summed E-state index contributed by atoms with van der Waals surface area (Å²) >= 11 is 0. The van der Waals surface area contributed by atoms with Gasteiger partial charge in [0.05, 0.1) is 0 Å². The normalized spacial score (nSPS) is 21.1. The van der Waals surface area contributed by atoms with E-state index in [4.69, 9.17) is 14.6 Å². The molecule has 20 heavy (non-hydrogen) atoms. The van der Waals surface area contributed by atoms with Gasteiger partial charge in [-0.25, -0.2) is 4.79 Å². The Hall–Kier alpha value is -2.25. The standard InChI is InChI=1S/C12H15NO7/c14-7(15)6-13-9(16)8-10(17)19-12(20-11(8)18)4-2-1-3-5-12/h17H,1-6H2,(H,13,16)(H,14,15). The second-order valence-electron chi connectivity index (χ2n) is 4.72. The fourth-order valence-electron chi connectivity index (χ4n) is 2.28. The lowest BCUT2D eigenvalue weighted by Crippen LogP contribution is -2.46. The summed E-state index contributed by atoms with van der Waals surface area (Å²) in [5.41, 5.74) is -0.706. The van der Waals surface area contributed by atoms with E-state index in [0.717, 1.165) is 19.3 Å². The molecule has 0 bridgehead atoms. The second kappa shape index (κ2) is 5.40. The Morgan fingerprint density at radius 3 is 2.40 bits per heavy atom. The fraction of sp³-hybridized carbons (Fsp3) is 0.583. The molecule has 8 heteroatoms. The molecular formula is C12H15NO7. The van der Waals surface area contributed by atoms with Crippen molar-refractivity contribution in [1.82, 2.24) is 5.32 Å². The first-order valence-electron chi connectivity index (χ1n) is 6.29. The smallest absolute Gasteiger partial charge is 0.354 e. The maximum Gasteiger partial charge on any atom is 0.354 e. The number of esters is 1. The Morgan fingerprint density at radius 2 is 1.85 bits per heavy atom. The molecule has 3 N–H and O–H groups in total. The average Bonchev–Trinajstić information content (AvgIpc) is 2.36. The molecule has 1 heterocycles. The van der Waals surface area contributed by atoms with Crippen LogP contribution in [-0.2, 0) is 23.9 Å². The minimum atomic E-state index is -1.27. The summed E-state index contributed by atoms with van der Waals surface area (Å²) in [6.45, 7) is -0.673. The zero-order chi connectivity index (χ0) is 14.8. The van der Waals surface area contributed by atoms with Crippen LogP contribution < -0.4 is 5.32 Å². The molecule has 1 fully saturated rings. The molecule has 1 amide bonds. The number of hydrogen-bond acceptors (Lipinski definition) is 6. The molecule has 2 aliphatic rings. The molecule has 0 atom stereocenters. The van der Waals surface area contributed by atoms with Gasteiger partial charge < -0.3 is 25.0 Å². The van der Waals surface area contributed by atoms with Gasteiger partial charge in [-0.3, -0.25) is 9.59 Å². The average molecular weight is 285 g/mol.